The van der Waals surface area contributed by atoms with Crippen LogP contribution in [0.2, 0.25) is 0 Å². The first-order chi connectivity index (χ1) is 8.15. The maximum absolute atomic E-state index is 10.7. The Labute approximate surface area is 100.0 Å². The van der Waals surface area contributed by atoms with Gasteiger partial charge >= 0.3 is 5.97 Å². The van der Waals surface area contributed by atoms with Crippen LogP contribution < -0.4 is 0 Å². The largest absolute Gasteiger partial charge is 0.475 e. The van der Waals surface area contributed by atoms with Crippen molar-refractivity contribution in [1.29, 1.82) is 0 Å². The van der Waals surface area contributed by atoms with Gasteiger partial charge in [-0.15, -0.1) is 0 Å². The molecule has 1 saturated heterocycles. The zero-order valence-corrected chi connectivity index (χ0v) is 9.89. The molecule has 0 bridgehead atoms. The molecule has 1 aliphatic heterocycles. The van der Waals surface area contributed by atoms with Crippen LogP contribution in [-0.2, 0) is 11.3 Å². The van der Waals surface area contributed by atoms with E-state index in [1.54, 1.807) is 6.07 Å². The van der Waals surface area contributed by atoms with E-state index >= 15 is 0 Å². The van der Waals surface area contributed by atoms with Crippen molar-refractivity contribution in [3.63, 3.8) is 0 Å². The van der Waals surface area contributed by atoms with Crippen LogP contribution >= 0.6 is 0 Å². The van der Waals surface area contributed by atoms with Crippen LogP contribution in [0.3, 0.4) is 0 Å². The average molecular weight is 239 g/mol. The number of rotatable bonds is 5. The molecule has 1 fully saturated rings. The number of ether oxygens (including phenoxy) is 1. The first kappa shape index (κ1) is 12.1. The number of hydrogen-bond acceptors (Lipinski definition) is 4. The molecule has 5 nitrogen and oxygen atoms in total. The van der Waals surface area contributed by atoms with E-state index in [0.29, 0.717) is 18.4 Å². The number of likely N-dealkylation sites (N-methyl/N-ethyl adjacent to an activating group) is 1. The summed E-state index contributed by atoms with van der Waals surface area (Å²) in [7, 11) is 1.98. The second-order valence-electron chi connectivity index (χ2n) is 4.40. The molecule has 0 radical (unpaired) electrons. The predicted molar refractivity (Wildman–Crippen MR) is 61.0 cm³/mol. The van der Waals surface area contributed by atoms with E-state index in [1.807, 2.05) is 7.05 Å². The lowest BCUT2D eigenvalue weighted by atomic mass is 10.2. The van der Waals surface area contributed by atoms with Gasteiger partial charge in [-0.1, -0.05) is 0 Å². The van der Waals surface area contributed by atoms with Gasteiger partial charge in [0.05, 0.1) is 12.6 Å². The highest BCUT2D eigenvalue weighted by molar-refractivity contribution is 5.84. The first-order valence-corrected chi connectivity index (χ1v) is 5.77. The highest BCUT2D eigenvalue weighted by Gasteiger charge is 2.18. The number of aromatic carboxylic acids is 1. The molecule has 0 aliphatic carbocycles. The fourth-order valence-electron chi connectivity index (χ4n) is 2.04. The third kappa shape index (κ3) is 3.31. The second-order valence-corrected chi connectivity index (χ2v) is 4.40. The van der Waals surface area contributed by atoms with Crippen molar-refractivity contribution in [2.24, 2.45) is 0 Å². The van der Waals surface area contributed by atoms with Crippen molar-refractivity contribution in [3.05, 3.63) is 23.7 Å². The van der Waals surface area contributed by atoms with E-state index in [0.717, 1.165) is 26.0 Å². The molecule has 1 atom stereocenters. The van der Waals surface area contributed by atoms with Gasteiger partial charge in [-0.3, -0.25) is 4.90 Å². The van der Waals surface area contributed by atoms with Gasteiger partial charge in [0.2, 0.25) is 5.76 Å². The number of hydrogen-bond donors (Lipinski definition) is 1. The average Bonchev–Trinajstić information content (AvgIpc) is 2.88. The fraction of sp³-hybridized carbons (Fsp3) is 0.583. The van der Waals surface area contributed by atoms with Crippen molar-refractivity contribution < 1.29 is 19.1 Å². The van der Waals surface area contributed by atoms with Gasteiger partial charge in [-0.2, -0.15) is 0 Å². The Hall–Kier alpha value is -1.33. The summed E-state index contributed by atoms with van der Waals surface area (Å²) >= 11 is 0. The third-order valence-corrected chi connectivity index (χ3v) is 2.84. The first-order valence-electron chi connectivity index (χ1n) is 5.77. The van der Waals surface area contributed by atoms with Gasteiger partial charge < -0.3 is 14.3 Å². The number of carboxylic acid groups (broad SMARTS) is 1. The molecule has 1 aromatic heterocycles. The topological polar surface area (TPSA) is 62.9 Å². The van der Waals surface area contributed by atoms with Gasteiger partial charge in [0.25, 0.3) is 0 Å². The third-order valence-electron chi connectivity index (χ3n) is 2.84. The van der Waals surface area contributed by atoms with Gasteiger partial charge in [-0.05, 0) is 32.0 Å². The summed E-state index contributed by atoms with van der Waals surface area (Å²) in [5, 5.41) is 8.73. The van der Waals surface area contributed by atoms with E-state index in [4.69, 9.17) is 14.3 Å². The minimum Gasteiger partial charge on any atom is -0.475 e. The zero-order chi connectivity index (χ0) is 12.3. The maximum Gasteiger partial charge on any atom is 0.371 e. The molecule has 94 valence electrons. The lowest BCUT2D eigenvalue weighted by molar-refractivity contribution is 0.0650. The molecule has 0 spiro atoms. The summed E-state index contributed by atoms with van der Waals surface area (Å²) in [6.45, 7) is 2.30. The van der Waals surface area contributed by atoms with Crippen molar-refractivity contribution in [1.82, 2.24) is 4.90 Å². The van der Waals surface area contributed by atoms with Gasteiger partial charge in [-0.25, -0.2) is 4.79 Å². The summed E-state index contributed by atoms with van der Waals surface area (Å²) < 4.78 is 10.7. The molecule has 0 saturated carbocycles. The summed E-state index contributed by atoms with van der Waals surface area (Å²) in [4.78, 5) is 12.7. The summed E-state index contributed by atoms with van der Waals surface area (Å²) in [6.07, 6.45) is 2.53. The zero-order valence-electron chi connectivity index (χ0n) is 9.89. The number of carboxylic acids is 1. The molecular formula is C12H17NO4. The van der Waals surface area contributed by atoms with Crippen LogP contribution in [0.5, 0.6) is 0 Å². The molecule has 17 heavy (non-hydrogen) atoms. The molecule has 1 aromatic rings. The summed E-state index contributed by atoms with van der Waals surface area (Å²) in [5.74, 6) is -0.369. The molecule has 0 aromatic carbocycles. The molecule has 1 N–H and O–H groups in total. The fourth-order valence-corrected chi connectivity index (χ4v) is 2.04. The van der Waals surface area contributed by atoms with Crippen LogP contribution in [0.25, 0.3) is 0 Å². The minimum absolute atomic E-state index is 0.00878. The highest BCUT2D eigenvalue weighted by atomic mass is 16.5. The van der Waals surface area contributed by atoms with Crippen molar-refractivity contribution in [3.8, 4) is 0 Å². The van der Waals surface area contributed by atoms with E-state index < -0.39 is 5.97 Å². The maximum atomic E-state index is 10.7. The molecule has 0 amide bonds. The Balaban J connectivity index is 1.84. The molecule has 1 aliphatic rings. The lowest BCUT2D eigenvalue weighted by Crippen LogP contribution is -2.28. The van der Waals surface area contributed by atoms with Gasteiger partial charge in [0, 0.05) is 13.2 Å². The Morgan fingerprint density at radius 2 is 2.41 bits per heavy atom. The van der Waals surface area contributed by atoms with Crippen LogP contribution in [0, 0.1) is 0 Å². The standard InChI is InChI=1S/C12H17NO4/c1-13(7-9-3-2-6-16-9)8-10-4-5-11(17-10)12(14)15/h4-5,9H,2-3,6-8H2,1H3,(H,14,15). The molecular weight excluding hydrogens is 222 g/mol. The monoisotopic (exact) mass is 239 g/mol. The van der Waals surface area contributed by atoms with Crippen molar-refractivity contribution >= 4 is 5.97 Å². The molecule has 5 heteroatoms. The highest BCUT2D eigenvalue weighted by Crippen LogP contribution is 2.15. The Morgan fingerprint density at radius 1 is 1.59 bits per heavy atom. The quantitative estimate of drug-likeness (QED) is 0.845. The van der Waals surface area contributed by atoms with E-state index in [1.165, 1.54) is 6.07 Å². The summed E-state index contributed by atoms with van der Waals surface area (Å²) in [5.41, 5.74) is 0. The van der Waals surface area contributed by atoms with E-state index in [-0.39, 0.29) is 5.76 Å². The SMILES string of the molecule is CN(Cc1ccc(C(=O)O)o1)CC1CCCO1. The Bertz CT molecular complexity index is 382. The van der Waals surface area contributed by atoms with E-state index in [2.05, 4.69) is 4.90 Å². The predicted octanol–water partition coefficient (Wildman–Crippen LogP) is 1.59. The molecule has 1 unspecified atom stereocenters. The van der Waals surface area contributed by atoms with Crippen LogP contribution in [-0.4, -0.2) is 42.3 Å². The van der Waals surface area contributed by atoms with Crippen LogP contribution in [0.15, 0.2) is 16.5 Å². The normalized spacial score (nSPS) is 20.0. The number of carbonyl (C=O) groups is 1. The summed E-state index contributed by atoms with van der Waals surface area (Å²) in [6, 6.07) is 3.19. The van der Waals surface area contributed by atoms with Gasteiger partial charge in [0.15, 0.2) is 0 Å². The molecule has 2 heterocycles. The van der Waals surface area contributed by atoms with Crippen molar-refractivity contribution in [2.75, 3.05) is 20.2 Å². The Kier molecular flexibility index (Phi) is 3.81. The van der Waals surface area contributed by atoms with Crippen LogP contribution in [0.1, 0.15) is 29.2 Å². The Morgan fingerprint density at radius 3 is 3.00 bits per heavy atom. The lowest BCUT2D eigenvalue weighted by Gasteiger charge is -2.19. The second kappa shape index (κ2) is 5.33. The van der Waals surface area contributed by atoms with Crippen molar-refractivity contribution in [2.45, 2.75) is 25.5 Å². The smallest absolute Gasteiger partial charge is 0.371 e. The van der Waals surface area contributed by atoms with Gasteiger partial charge in [0.1, 0.15) is 5.76 Å². The number of nitrogens with zero attached hydrogens (tertiary/aromatic N) is 1. The number of furan rings is 1. The van der Waals surface area contributed by atoms with Crippen LogP contribution in [0.4, 0.5) is 0 Å². The molecule has 2 rings (SSSR count). The van der Waals surface area contributed by atoms with E-state index in [9.17, 15) is 4.79 Å². The minimum atomic E-state index is -1.03.